The minimum Gasteiger partial charge on any atom is -0.490 e. The molecule has 2 aliphatic carbocycles. The summed E-state index contributed by atoms with van der Waals surface area (Å²) in [5.74, 6) is 3.61. The maximum atomic E-state index is 12.1. The van der Waals surface area contributed by atoms with Crippen LogP contribution in [-0.2, 0) is 28.5 Å². The van der Waals surface area contributed by atoms with Gasteiger partial charge in [-0.25, -0.2) is 9.59 Å². The number of ether oxygens (including phenoxy) is 6. The predicted octanol–water partition coefficient (Wildman–Crippen LogP) is 8.48. The number of hydrogen-bond donors (Lipinski definition) is 0. The average molecular weight is 677 g/mol. The Morgan fingerprint density at radius 2 is 1.18 bits per heavy atom. The second-order valence-corrected chi connectivity index (χ2v) is 13.5. The summed E-state index contributed by atoms with van der Waals surface area (Å²) in [6.07, 6.45) is 13.2. The lowest BCUT2D eigenvalue weighted by Gasteiger charge is -2.38. The number of hydrogen-bond acceptors (Lipinski definition) is 8. The Bertz CT molecular complexity index is 1350. The molecule has 0 unspecified atom stereocenters. The minimum absolute atomic E-state index is 0.124. The summed E-state index contributed by atoms with van der Waals surface area (Å²) in [6.45, 7) is 10.7. The molecule has 2 saturated carbocycles. The normalized spacial score (nSPS) is 20.6. The summed E-state index contributed by atoms with van der Waals surface area (Å²) in [7, 11) is 3.02. The summed E-state index contributed by atoms with van der Waals surface area (Å²) < 4.78 is 32.3. The maximum Gasteiger partial charge on any atom is 0.335 e. The molecule has 49 heavy (non-hydrogen) atoms. The molecule has 0 radical (unpaired) electrons. The Morgan fingerprint density at radius 1 is 0.673 bits per heavy atom. The van der Waals surface area contributed by atoms with Gasteiger partial charge in [0.05, 0.1) is 24.4 Å². The van der Waals surface area contributed by atoms with Gasteiger partial charge in [-0.2, -0.15) is 0 Å². The summed E-state index contributed by atoms with van der Waals surface area (Å²) in [6, 6.07) is 14.4. The van der Waals surface area contributed by atoms with Gasteiger partial charge in [-0.1, -0.05) is 64.0 Å². The Morgan fingerprint density at radius 3 is 1.71 bits per heavy atom. The molecular formula is C41H56O8. The van der Waals surface area contributed by atoms with E-state index in [2.05, 4.69) is 44.3 Å². The zero-order chi connectivity index (χ0) is 35.0. The van der Waals surface area contributed by atoms with E-state index in [0.717, 1.165) is 29.1 Å². The van der Waals surface area contributed by atoms with Gasteiger partial charge in [0, 0.05) is 14.2 Å². The molecule has 2 aromatic rings. The monoisotopic (exact) mass is 676 g/mol. The topological polar surface area (TPSA) is 89.5 Å². The molecule has 268 valence electrons. The van der Waals surface area contributed by atoms with E-state index in [0.29, 0.717) is 11.7 Å². The Labute approximate surface area is 293 Å². The van der Waals surface area contributed by atoms with E-state index >= 15 is 0 Å². The number of methoxy groups -OCH3 is 2. The molecule has 0 atom stereocenters. The largest absolute Gasteiger partial charge is 0.490 e. The van der Waals surface area contributed by atoms with Gasteiger partial charge < -0.3 is 28.4 Å². The van der Waals surface area contributed by atoms with E-state index in [1.807, 2.05) is 18.2 Å². The fourth-order valence-corrected chi connectivity index (χ4v) is 7.48. The number of benzene rings is 2. The molecule has 0 amide bonds. The molecule has 0 spiro atoms. The van der Waals surface area contributed by atoms with Gasteiger partial charge in [0.1, 0.15) is 37.9 Å². The summed E-state index contributed by atoms with van der Waals surface area (Å²) in [5, 5.41) is 0. The van der Waals surface area contributed by atoms with Crippen molar-refractivity contribution in [3.8, 4) is 22.6 Å². The van der Waals surface area contributed by atoms with Crippen molar-refractivity contribution >= 4 is 11.9 Å². The first-order chi connectivity index (χ1) is 23.8. The molecule has 8 heteroatoms. The quantitative estimate of drug-likeness (QED) is 0.0832. The molecule has 2 aromatic carbocycles. The molecule has 8 nitrogen and oxygen atoms in total. The maximum absolute atomic E-state index is 12.1. The lowest BCUT2D eigenvalue weighted by Crippen LogP contribution is -2.25. The first-order valence-corrected chi connectivity index (χ1v) is 18.0. The lowest BCUT2D eigenvalue weighted by molar-refractivity contribution is -0.141. The summed E-state index contributed by atoms with van der Waals surface area (Å²) in [5.41, 5.74) is 4.15. The molecule has 2 fully saturated rings. The summed E-state index contributed by atoms with van der Waals surface area (Å²) >= 11 is 0. The van der Waals surface area contributed by atoms with Gasteiger partial charge in [-0.05, 0) is 103 Å². The van der Waals surface area contributed by atoms with Crippen LogP contribution in [-0.4, -0.2) is 65.8 Å². The number of rotatable bonds is 19. The molecule has 0 aromatic heterocycles. The van der Waals surface area contributed by atoms with Crippen LogP contribution in [0.5, 0.6) is 11.5 Å². The highest BCUT2D eigenvalue weighted by Crippen LogP contribution is 2.46. The third-order valence-corrected chi connectivity index (χ3v) is 10.0. The standard InChI is InChI=1S/C41H56O8/c1-6-7-31-8-10-32(11-9-31)33-12-14-35(15-13-33)39-26-37(47-23-25-49-41(43)30(3)28-45-5)20-21-38(39)34-16-18-36(19-17-34)46-22-24-48-40(42)29(2)27-44-4/h16-21,26,31-33,35H,2-3,6-15,22-25,27-28H2,1,4-5H3. The fraction of sp³-hybridized carbons (Fsp3) is 0.561. The van der Waals surface area contributed by atoms with Crippen molar-refractivity contribution < 1.29 is 38.0 Å². The minimum atomic E-state index is -0.483. The molecule has 2 aliphatic rings. The molecule has 0 N–H and O–H groups in total. The zero-order valence-electron chi connectivity index (χ0n) is 29.8. The van der Waals surface area contributed by atoms with Gasteiger partial charge in [0.15, 0.2) is 0 Å². The smallest absolute Gasteiger partial charge is 0.335 e. The fourth-order valence-electron chi connectivity index (χ4n) is 7.48. The predicted molar refractivity (Wildman–Crippen MR) is 192 cm³/mol. The number of carbonyl (C=O) groups excluding carboxylic acids is 2. The van der Waals surface area contributed by atoms with Crippen molar-refractivity contribution in [1.29, 1.82) is 0 Å². The van der Waals surface area contributed by atoms with E-state index in [9.17, 15) is 9.59 Å². The van der Waals surface area contributed by atoms with Gasteiger partial charge in [0.2, 0.25) is 0 Å². The van der Waals surface area contributed by atoms with Crippen molar-refractivity contribution in [2.75, 3.05) is 53.9 Å². The van der Waals surface area contributed by atoms with Gasteiger partial charge in [-0.15, -0.1) is 0 Å². The van der Waals surface area contributed by atoms with Crippen molar-refractivity contribution in [3.63, 3.8) is 0 Å². The second-order valence-electron chi connectivity index (χ2n) is 13.5. The lowest BCUT2D eigenvalue weighted by atomic mass is 9.67. The summed E-state index contributed by atoms with van der Waals surface area (Å²) in [4.78, 5) is 24.0. The zero-order valence-corrected chi connectivity index (χ0v) is 29.8. The van der Waals surface area contributed by atoms with Crippen LogP contribution < -0.4 is 9.47 Å². The first-order valence-electron chi connectivity index (χ1n) is 18.0. The van der Waals surface area contributed by atoms with E-state index in [-0.39, 0.29) is 50.8 Å². The molecule has 0 bridgehead atoms. The molecule has 0 heterocycles. The second kappa shape index (κ2) is 20.1. The van der Waals surface area contributed by atoms with Crippen molar-refractivity contribution in [2.24, 2.45) is 17.8 Å². The average Bonchev–Trinajstić information content (AvgIpc) is 3.12. The van der Waals surface area contributed by atoms with E-state index in [1.165, 1.54) is 89.6 Å². The van der Waals surface area contributed by atoms with Crippen LogP contribution in [0.3, 0.4) is 0 Å². The SMILES string of the molecule is C=C(COC)C(=O)OCCOc1ccc(-c2ccc(OCCOC(=O)C(=C)COC)cc2C2CCC(C3CCC(CCC)CC3)CC2)cc1. The van der Waals surface area contributed by atoms with E-state index in [1.54, 1.807) is 0 Å². The Kier molecular flexibility index (Phi) is 15.7. The van der Waals surface area contributed by atoms with Crippen molar-refractivity contribution in [2.45, 2.75) is 77.0 Å². The highest BCUT2D eigenvalue weighted by molar-refractivity contribution is 5.88. The molecule has 0 aliphatic heterocycles. The van der Waals surface area contributed by atoms with Crippen LogP contribution in [0.2, 0.25) is 0 Å². The van der Waals surface area contributed by atoms with Gasteiger partial charge in [-0.3, -0.25) is 0 Å². The molecule has 0 saturated heterocycles. The van der Waals surface area contributed by atoms with Crippen molar-refractivity contribution in [1.82, 2.24) is 0 Å². The molecular weight excluding hydrogens is 620 g/mol. The van der Waals surface area contributed by atoms with Crippen LogP contribution in [0.1, 0.15) is 82.6 Å². The van der Waals surface area contributed by atoms with Gasteiger partial charge in [0.25, 0.3) is 0 Å². The highest BCUT2D eigenvalue weighted by atomic mass is 16.6. The first kappa shape index (κ1) is 38.2. The third kappa shape index (κ3) is 11.7. The van der Waals surface area contributed by atoms with E-state index in [4.69, 9.17) is 28.4 Å². The number of carbonyl (C=O) groups is 2. The van der Waals surface area contributed by atoms with Crippen LogP contribution in [0.15, 0.2) is 66.8 Å². The van der Waals surface area contributed by atoms with Gasteiger partial charge >= 0.3 is 11.9 Å². The van der Waals surface area contributed by atoms with Crippen molar-refractivity contribution in [3.05, 3.63) is 72.3 Å². The Hall–Kier alpha value is -3.62. The molecule has 4 rings (SSSR count). The number of esters is 2. The third-order valence-electron chi connectivity index (χ3n) is 10.0. The highest BCUT2D eigenvalue weighted by Gasteiger charge is 2.32. The van der Waals surface area contributed by atoms with Crippen LogP contribution in [0, 0.1) is 17.8 Å². The van der Waals surface area contributed by atoms with Crippen LogP contribution >= 0.6 is 0 Å². The van der Waals surface area contributed by atoms with E-state index < -0.39 is 11.9 Å². The Balaban J connectivity index is 1.39. The van der Waals surface area contributed by atoms with Crippen LogP contribution in [0.4, 0.5) is 0 Å². The van der Waals surface area contributed by atoms with Crippen LogP contribution in [0.25, 0.3) is 11.1 Å².